The van der Waals surface area contributed by atoms with Gasteiger partial charge in [-0.25, -0.2) is 8.42 Å². The Labute approximate surface area is 170 Å². The lowest BCUT2D eigenvalue weighted by Gasteiger charge is -2.29. The molecule has 0 saturated heterocycles. The first-order valence-corrected chi connectivity index (χ1v) is 10.5. The molecule has 0 saturated carbocycles. The van der Waals surface area contributed by atoms with Crippen molar-refractivity contribution in [3.8, 4) is 6.07 Å². The van der Waals surface area contributed by atoms with E-state index in [9.17, 15) is 13.7 Å². The molecule has 0 aliphatic rings. The molecule has 0 bridgehead atoms. The highest BCUT2D eigenvalue weighted by Crippen LogP contribution is 2.30. The van der Waals surface area contributed by atoms with Crippen LogP contribution in [0.25, 0.3) is 0 Å². The van der Waals surface area contributed by atoms with E-state index in [1.807, 2.05) is 43.3 Å². The van der Waals surface area contributed by atoms with Crippen molar-refractivity contribution < 1.29 is 8.42 Å². The molecule has 6 heteroatoms. The Bertz CT molecular complexity index is 1090. The summed E-state index contributed by atoms with van der Waals surface area (Å²) in [4.78, 5) is 0.177. The molecule has 1 unspecified atom stereocenters. The first-order chi connectivity index (χ1) is 13.4. The van der Waals surface area contributed by atoms with Crippen LogP contribution in [0.4, 0.5) is 0 Å². The molecule has 0 aromatic heterocycles. The Morgan fingerprint density at radius 3 is 2.32 bits per heavy atom. The molecule has 28 heavy (non-hydrogen) atoms. The van der Waals surface area contributed by atoms with E-state index in [1.54, 1.807) is 30.3 Å². The summed E-state index contributed by atoms with van der Waals surface area (Å²) in [5.74, 6) is 0. The SMILES string of the molecule is CC(c1cccc(C#N)c1)N(Cc1ccccc1)S(=O)(=O)c1ccc(Cl)cc1. The van der Waals surface area contributed by atoms with Gasteiger partial charge in [0, 0.05) is 17.6 Å². The van der Waals surface area contributed by atoms with Crippen LogP contribution >= 0.6 is 11.6 Å². The Balaban J connectivity index is 2.06. The molecular formula is C22H19ClN2O2S. The quantitative estimate of drug-likeness (QED) is 0.563. The first kappa shape index (κ1) is 20.1. The van der Waals surface area contributed by atoms with E-state index in [-0.39, 0.29) is 11.4 Å². The largest absolute Gasteiger partial charge is 0.243 e. The van der Waals surface area contributed by atoms with E-state index in [0.29, 0.717) is 10.6 Å². The van der Waals surface area contributed by atoms with Crippen LogP contribution < -0.4 is 0 Å². The molecule has 3 rings (SSSR count). The molecule has 3 aromatic rings. The summed E-state index contributed by atoms with van der Waals surface area (Å²) in [7, 11) is -3.79. The van der Waals surface area contributed by atoms with E-state index in [2.05, 4.69) is 6.07 Å². The Kier molecular flexibility index (Phi) is 6.15. The summed E-state index contributed by atoms with van der Waals surface area (Å²) in [6.07, 6.45) is 0. The molecule has 4 nitrogen and oxygen atoms in total. The maximum absolute atomic E-state index is 13.4. The average Bonchev–Trinajstić information content (AvgIpc) is 2.72. The van der Waals surface area contributed by atoms with E-state index >= 15 is 0 Å². The van der Waals surface area contributed by atoms with Crippen molar-refractivity contribution in [1.82, 2.24) is 4.31 Å². The van der Waals surface area contributed by atoms with Gasteiger partial charge in [0.05, 0.1) is 16.5 Å². The molecule has 0 amide bonds. The van der Waals surface area contributed by atoms with Crippen LogP contribution in [0.15, 0.2) is 83.8 Å². The van der Waals surface area contributed by atoms with E-state index in [1.165, 1.54) is 16.4 Å². The number of hydrogen-bond donors (Lipinski definition) is 0. The van der Waals surface area contributed by atoms with Crippen LogP contribution in [0.5, 0.6) is 0 Å². The summed E-state index contributed by atoms with van der Waals surface area (Å²) < 4.78 is 28.3. The number of sulfonamides is 1. The van der Waals surface area contributed by atoms with Gasteiger partial charge in [-0.05, 0) is 54.4 Å². The fraction of sp³-hybridized carbons (Fsp3) is 0.136. The zero-order valence-electron chi connectivity index (χ0n) is 15.3. The van der Waals surface area contributed by atoms with Gasteiger partial charge in [-0.1, -0.05) is 54.1 Å². The minimum atomic E-state index is -3.79. The van der Waals surface area contributed by atoms with E-state index < -0.39 is 16.1 Å². The lowest BCUT2D eigenvalue weighted by atomic mass is 10.1. The predicted octanol–water partition coefficient (Wildman–Crippen LogP) is 5.16. The van der Waals surface area contributed by atoms with Gasteiger partial charge >= 0.3 is 0 Å². The molecule has 0 fully saturated rings. The molecule has 1 atom stereocenters. The van der Waals surface area contributed by atoms with Gasteiger partial charge in [0.15, 0.2) is 0 Å². The molecule has 3 aromatic carbocycles. The van der Waals surface area contributed by atoms with E-state index in [4.69, 9.17) is 11.6 Å². The van der Waals surface area contributed by atoms with Gasteiger partial charge in [-0.2, -0.15) is 9.57 Å². The second-order valence-electron chi connectivity index (χ2n) is 6.40. The highest BCUT2D eigenvalue weighted by Gasteiger charge is 2.30. The third-order valence-electron chi connectivity index (χ3n) is 4.53. The highest BCUT2D eigenvalue weighted by molar-refractivity contribution is 7.89. The third kappa shape index (κ3) is 4.42. The maximum Gasteiger partial charge on any atom is 0.243 e. The fourth-order valence-electron chi connectivity index (χ4n) is 2.97. The van der Waals surface area contributed by atoms with Crippen molar-refractivity contribution in [3.05, 3.63) is 101 Å². The average molecular weight is 411 g/mol. The van der Waals surface area contributed by atoms with Crippen LogP contribution in [0.1, 0.15) is 29.7 Å². The third-order valence-corrected chi connectivity index (χ3v) is 6.71. The van der Waals surface area contributed by atoms with Crippen LogP contribution in [-0.4, -0.2) is 12.7 Å². The predicted molar refractivity (Wildman–Crippen MR) is 110 cm³/mol. The van der Waals surface area contributed by atoms with Gasteiger partial charge in [0.2, 0.25) is 10.0 Å². The smallest absolute Gasteiger partial charge is 0.207 e. The lowest BCUT2D eigenvalue weighted by molar-refractivity contribution is 0.336. The molecule has 0 aliphatic carbocycles. The number of halogens is 1. The van der Waals surface area contributed by atoms with Crippen molar-refractivity contribution in [3.63, 3.8) is 0 Å². The molecule has 0 N–H and O–H groups in total. The van der Waals surface area contributed by atoms with Crippen LogP contribution in [0.3, 0.4) is 0 Å². The van der Waals surface area contributed by atoms with Crippen molar-refractivity contribution >= 4 is 21.6 Å². The summed E-state index contributed by atoms with van der Waals surface area (Å²) in [6, 6.07) is 24.2. The Hall–Kier alpha value is -2.65. The normalized spacial score (nSPS) is 12.5. The summed E-state index contributed by atoms with van der Waals surface area (Å²) in [5.41, 5.74) is 2.13. The van der Waals surface area contributed by atoms with Gasteiger partial charge in [-0.3, -0.25) is 0 Å². The fourth-order valence-corrected chi connectivity index (χ4v) is 4.70. The zero-order valence-corrected chi connectivity index (χ0v) is 16.9. The van der Waals surface area contributed by atoms with Gasteiger partial charge in [0.25, 0.3) is 0 Å². The van der Waals surface area contributed by atoms with E-state index in [0.717, 1.165) is 11.1 Å². The highest BCUT2D eigenvalue weighted by atomic mass is 35.5. The molecular weight excluding hydrogens is 392 g/mol. The monoisotopic (exact) mass is 410 g/mol. The standard InChI is InChI=1S/C22H19ClN2O2S/c1-17(20-9-5-8-19(14-20)15-24)25(16-18-6-3-2-4-7-18)28(26,27)22-12-10-21(23)11-13-22/h2-14,17H,16H2,1H3. The number of rotatable bonds is 6. The molecule has 0 radical (unpaired) electrons. The number of benzene rings is 3. The minimum absolute atomic E-state index is 0.177. The first-order valence-electron chi connectivity index (χ1n) is 8.73. The van der Waals surface area contributed by atoms with Gasteiger partial charge < -0.3 is 0 Å². The topological polar surface area (TPSA) is 61.2 Å². The second kappa shape index (κ2) is 8.57. The van der Waals surface area contributed by atoms with Crippen molar-refractivity contribution in [2.24, 2.45) is 0 Å². The van der Waals surface area contributed by atoms with Crippen molar-refractivity contribution in [2.75, 3.05) is 0 Å². The molecule has 0 aliphatic heterocycles. The maximum atomic E-state index is 13.4. The molecule has 0 heterocycles. The van der Waals surface area contributed by atoms with Gasteiger partial charge in [0.1, 0.15) is 0 Å². The summed E-state index contributed by atoms with van der Waals surface area (Å²) in [6.45, 7) is 2.04. The van der Waals surface area contributed by atoms with Crippen LogP contribution in [-0.2, 0) is 16.6 Å². The van der Waals surface area contributed by atoms with Gasteiger partial charge in [-0.15, -0.1) is 0 Å². The molecule has 0 spiro atoms. The second-order valence-corrected chi connectivity index (χ2v) is 8.73. The number of nitriles is 1. The van der Waals surface area contributed by atoms with Crippen LogP contribution in [0, 0.1) is 11.3 Å². The Morgan fingerprint density at radius 1 is 1.00 bits per heavy atom. The minimum Gasteiger partial charge on any atom is -0.207 e. The Morgan fingerprint density at radius 2 is 1.68 bits per heavy atom. The van der Waals surface area contributed by atoms with Crippen molar-refractivity contribution in [2.45, 2.75) is 24.4 Å². The summed E-state index contributed by atoms with van der Waals surface area (Å²) >= 11 is 5.92. The lowest BCUT2D eigenvalue weighted by Crippen LogP contribution is -2.33. The zero-order chi connectivity index (χ0) is 20.1. The summed E-state index contributed by atoms with van der Waals surface area (Å²) in [5, 5.41) is 9.66. The number of nitrogens with zero attached hydrogens (tertiary/aromatic N) is 2. The van der Waals surface area contributed by atoms with Crippen molar-refractivity contribution in [1.29, 1.82) is 5.26 Å². The van der Waals surface area contributed by atoms with Crippen LogP contribution in [0.2, 0.25) is 5.02 Å². The number of hydrogen-bond acceptors (Lipinski definition) is 3. The molecule has 142 valence electrons.